The van der Waals surface area contributed by atoms with Gasteiger partial charge in [0.25, 0.3) is 5.69 Å². The van der Waals surface area contributed by atoms with Gasteiger partial charge in [-0.15, -0.1) is 0 Å². The van der Waals surface area contributed by atoms with E-state index in [1.807, 2.05) is 0 Å². The summed E-state index contributed by atoms with van der Waals surface area (Å²) >= 11 is 0. The zero-order valence-corrected chi connectivity index (χ0v) is 31.0. The summed E-state index contributed by atoms with van der Waals surface area (Å²) in [5.74, 6) is -2.33. The van der Waals surface area contributed by atoms with Crippen LogP contribution >= 0.6 is 0 Å². The molecule has 2 fully saturated rings. The molecule has 0 spiro atoms. The summed E-state index contributed by atoms with van der Waals surface area (Å²) in [5, 5.41) is 14.4. The lowest BCUT2D eigenvalue weighted by Crippen LogP contribution is -2.43. The van der Waals surface area contributed by atoms with Crippen molar-refractivity contribution in [2.24, 2.45) is 0 Å². The fourth-order valence-electron chi connectivity index (χ4n) is 7.23. The van der Waals surface area contributed by atoms with E-state index in [1.165, 1.54) is 69.2 Å². The molecule has 284 valence electrons. The quantitative estimate of drug-likeness (QED) is 0.106. The maximum Gasteiger partial charge on any atom is 0.394 e. The molecular formula is C38H45N3O11S. The Morgan fingerprint density at radius 1 is 0.811 bits per heavy atom. The maximum atomic E-state index is 12.3. The number of para-hydroxylation sites is 1. The molecule has 3 aliphatic heterocycles. The molecule has 14 nitrogen and oxygen atoms in total. The van der Waals surface area contributed by atoms with E-state index in [2.05, 4.69) is 77.9 Å². The Hall–Kier alpha value is -4.93. The summed E-state index contributed by atoms with van der Waals surface area (Å²) < 4.78 is 47.9. The number of hydrogen-bond donors (Lipinski definition) is 3. The molecule has 2 bridgehead atoms. The predicted molar refractivity (Wildman–Crippen MR) is 196 cm³/mol. The second-order valence-corrected chi connectivity index (χ2v) is 13.8. The summed E-state index contributed by atoms with van der Waals surface area (Å²) in [5.41, 5.74) is 3.70. The van der Waals surface area contributed by atoms with Crippen LogP contribution in [0.4, 0.5) is 5.69 Å². The number of nitrogens with zero attached hydrogens (tertiary/aromatic N) is 2. The number of hydrogen-bond acceptors (Lipinski definition) is 11. The van der Waals surface area contributed by atoms with Gasteiger partial charge in [-0.2, -0.15) is 8.42 Å². The van der Waals surface area contributed by atoms with Crippen LogP contribution in [0.25, 0.3) is 0 Å². The molecule has 2 unspecified atom stereocenters. The van der Waals surface area contributed by atoms with Gasteiger partial charge in [-0.05, 0) is 57.7 Å². The summed E-state index contributed by atoms with van der Waals surface area (Å²) in [6.07, 6.45) is 5.43. The second-order valence-electron chi connectivity index (χ2n) is 12.9. The summed E-state index contributed by atoms with van der Waals surface area (Å²) in [4.78, 5) is 38.1. The average molecular weight is 752 g/mol. The van der Waals surface area contributed by atoms with Gasteiger partial charge in [-0.25, -0.2) is 9.59 Å². The minimum atomic E-state index is -4.67. The van der Waals surface area contributed by atoms with E-state index >= 15 is 0 Å². The number of nitro benzene ring substituents is 1. The number of nitrogens with one attached hydrogen (secondary N) is 1. The van der Waals surface area contributed by atoms with Gasteiger partial charge in [0.15, 0.2) is 0 Å². The molecule has 3 aromatic carbocycles. The number of methoxy groups -OCH3 is 2. The van der Waals surface area contributed by atoms with Crippen molar-refractivity contribution in [3.8, 4) is 0 Å². The Morgan fingerprint density at radius 3 is 1.64 bits per heavy atom. The third kappa shape index (κ3) is 10.6. The average Bonchev–Trinajstić information content (AvgIpc) is 3.32. The van der Waals surface area contributed by atoms with E-state index in [-0.39, 0.29) is 28.5 Å². The number of benzene rings is 3. The van der Waals surface area contributed by atoms with Crippen LogP contribution in [0.3, 0.4) is 0 Å². The molecule has 3 aliphatic rings. The number of carbonyl (C=O) groups excluding carboxylic acids is 2. The highest BCUT2D eigenvalue weighted by Gasteiger charge is 2.41. The fraction of sp³-hybridized carbons (Fsp3) is 0.368. The zero-order valence-electron chi connectivity index (χ0n) is 30.2. The van der Waals surface area contributed by atoms with Crippen LogP contribution in [0.5, 0.6) is 0 Å². The molecule has 0 aliphatic carbocycles. The summed E-state index contributed by atoms with van der Waals surface area (Å²) in [6, 6.07) is 28.7. The van der Waals surface area contributed by atoms with Gasteiger partial charge in [-0.1, -0.05) is 78.9 Å². The minimum Gasteiger partial charge on any atom is -0.466 e. The van der Waals surface area contributed by atoms with Crippen molar-refractivity contribution in [3.63, 3.8) is 0 Å². The monoisotopic (exact) mass is 751 g/mol. The lowest BCUT2D eigenvalue weighted by atomic mass is 9.79. The molecule has 0 radical (unpaired) electrons. The van der Waals surface area contributed by atoms with Crippen LogP contribution in [0.15, 0.2) is 107 Å². The molecule has 0 amide bonds. The Morgan fingerprint density at radius 2 is 1.23 bits per heavy atom. The van der Waals surface area contributed by atoms with Crippen molar-refractivity contribution < 1.29 is 46.2 Å². The number of nitro groups is 1. The third-order valence-corrected chi connectivity index (χ3v) is 9.60. The van der Waals surface area contributed by atoms with Crippen LogP contribution in [0.1, 0.15) is 68.2 Å². The lowest BCUT2D eigenvalue weighted by Gasteiger charge is -2.38. The number of piperidine rings is 1. The van der Waals surface area contributed by atoms with Crippen molar-refractivity contribution in [1.29, 1.82) is 0 Å². The second kappa shape index (κ2) is 18.2. The highest BCUT2D eigenvalue weighted by atomic mass is 32.3. The first-order valence-electron chi connectivity index (χ1n) is 16.9. The van der Waals surface area contributed by atoms with Crippen molar-refractivity contribution in [2.45, 2.75) is 69.7 Å². The van der Waals surface area contributed by atoms with Crippen LogP contribution in [-0.4, -0.2) is 78.7 Å². The maximum absolute atomic E-state index is 12.3. The molecule has 2 saturated heterocycles. The first-order chi connectivity index (χ1) is 25.1. The molecule has 15 heteroatoms. The fourth-order valence-corrected chi connectivity index (χ4v) is 7.23. The molecule has 3 aromatic rings. The molecule has 53 heavy (non-hydrogen) atoms. The van der Waals surface area contributed by atoms with Crippen molar-refractivity contribution in [3.05, 3.63) is 134 Å². The van der Waals surface area contributed by atoms with Gasteiger partial charge in [0.05, 0.1) is 42.3 Å². The first kappa shape index (κ1) is 40.8. The minimum absolute atomic E-state index is 0.0465. The third-order valence-electron chi connectivity index (χ3n) is 9.60. The number of fused-ring (bicyclic) bond motifs is 2. The Balaban J connectivity index is 0.000000210. The Kier molecular flexibility index (Phi) is 14.0. The number of rotatable bonds is 8. The van der Waals surface area contributed by atoms with Crippen LogP contribution in [0, 0.1) is 10.1 Å². The van der Waals surface area contributed by atoms with Gasteiger partial charge in [0.2, 0.25) is 0 Å². The standard InChI is InChI=1S/C21H25NO.C17H18N2O6.H2O4S/c1-22-18-12-13-19(22)15-20(14-18)23-21(16-8-4-2-5-9-16)17-10-6-3-7-11-17;1-9-13(16(20)24-3)15(14(10(2)18-9)17(21)25-4)11-7-5-6-8-12(11)19(22)23;1-5(2,3)4/h2-11,18-21H,12-15H2,1H3;5-8,15,18H,1-4H3;(H2,1,2,3,4). The van der Waals surface area contributed by atoms with E-state index in [0.29, 0.717) is 29.6 Å². The number of esters is 2. The van der Waals surface area contributed by atoms with Gasteiger partial charge in [0, 0.05) is 35.1 Å². The first-order valence-corrected chi connectivity index (χ1v) is 18.3. The van der Waals surface area contributed by atoms with Crippen molar-refractivity contribution in [1.82, 2.24) is 10.2 Å². The van der Waals surface area contributed by atoms with Gasteiger partial charge in [0.1, 0.15) is 6.10 Å². The largest absolute Gasteiger partial charge is 0.466 e. The number of carbonyl (C=O) groups is 2. The number of allylic oxidation sites excluding steroid dienone is 2. The van der Waals surface area contributed by atoms with Crippen molar-refractivity contribution >= 4 is 28.0 Å². The van der Waals surface area contributed by atoms with E-state index in [0.717, 1.165) is 0 Å². The lowest BCUT2D eigenvalue weighted by molar-refractivity contribution is -0.385. The summed E-state index contributed by atoms with van der Waals surface area (Å²) in [6.45, 7) is 3.29. The molecule has 0 saturated carbocycles. The molecule has 3 N–H and O–H groups in total. The summed E-state index contributed by atoms with van der Waals surface area (Å²) in [7, 11) is 0.0363. The highest BCUT2D eigenvalue weighted by molar-refractivity contribution is 7.79. The molecule has 2 atom stereocenters. The van der Waals surface area contributed by atoms with Gasteiger partial charge < -0.3 is 24.4 Å². The van der Waals surface area contributed by atoms with E-state index in [9.17, 15) is 19.7 Å². The molecule has 3 heterocycles. The molecule has 0 aromatic heterocycles. The molecular weight excluding hydrogens is 706 g/mol. The van der Waals surface area contributed by atoms with Gasteiger partial charge in [-0.3, -0.25) is 19.2 Å². The van der Waals surface area contributed by atoms with Crippen molar-refractivity contribution in [2.75, 3.05) is 21.3 Å². The van der Waals surface area contributed by atoms with E-state index in [4.69, 9.17) is 31.7 Å². The highest BCUT2D eigenvalue weighted by Crippen LogP contribution is 2.42. The topological polar surface area (TPSA) is 195 Å². The van der Waals surface area contributed by atoms with Crippen LogP contribution in [-0.2, 0) is 34.2 Å². The Labute approximate surface area is 309 Å². The van der Waals surface area contributed by atoms with E-state index < -0.39 is 33.2 Å². The SMILES string of the molecule is CN1C2CCC1CC(OC(c1ccccc1)c1ccccc1)C2.COC(=O)C1=C(C)NC(C)=C(C(=O)OC)C1c1ccccc1[N+](=O)[O-].O=S(=O)(O)O. The van der Waals surface area contributed by atoms with Crippen LogP contribution in [0.2, 0.25) is 0 Å². The number of dihydropyridines is 1. The van der Waals surface area contributed by atoms with Gasteiger partial charge >= 0.3 is 22.3 Å². The molecule has 6 rings (SSSR count). The smallest absolute Gasteiger partial charge is 0.394 e. The van der Waals surface area contributed by atoms with E-state index in [1.54, 1.807) is 19.9 Å². The Bertz CT molecular complexity index is 1830. The van der Waals surface area contributed by atoms with Crippen LogP contribution < -0.4 is 5.32 Å². The zero-order chi connectivity index (χ0) is 38.9. The predicted octanol–water partition coefficient (Wildman–Crippen LogP) is 5.94. The normalized spacial score (nSPS) is 20.0. The number of ether oxygens (including phenoxy) is 3.